The zero-order valence-electron chi connectivity index (χ0n) is 12.4. The Morgan fingerprint density at radius 2 is 1.87 bits per heavy atom. The Balaban J connectivity index is 1.79. The predicted molar refractivity (Wildman–Crippen MR) is 91.3 cm³/mol. The molecule has 2 aromatic carbocycles. The number of imidazole rings is 1. The molecule has 0 fully saturated rings. The summed E-state index contributed by atoms with van der Waals surface area (Å²) in [7, 11) is 0. The maximum atomic E-state index is 11.1. The van der Waals surface area contributed by atoms with Crippen LogP contribution in [0.15, 0.2) is 60.9 Å². The van der Waals surface area contributed by atoms with Gasteiger partial charge >= 0.3 is 0 Å². The minimum Gasteiger partial charge on any atom is -0.366 e. The van der Waals surface area contributed by atoms with Crippen molar-refractivity contribution in [2.24, 2.45) is 5.73 Å². The summed E-state index contributed by atoms with van der Waals surface area (Å²) >= 11 is 6.20. The third-order valence-corrected chi connectivity index (χ3v) is 4.09. The summed E-state index contributed by atoms with van der Waals surface area (Å²) in [6, 6.07) is 15.0. The van der Waals surface area contributed by atoms with E-state index >= 15 is 0 Å². The number of hydrogen-bond acceptors (Lipinski definition) is 2. The van der Waals surface area contributed by atoms with Crippen LogP contribution in [0.25, 0.3) is 11.4 Å². The lowest BCUT2D eigenvalue weighted by molar-refractivity contribution is 0.100. The van der Waals surface area contributed by atoms with Crippen molar-refractivity contribution in [3.05, 3.63) is 77.1 Å². The van der Waals surface area contributed by atoms with Gasteiger partial charge in [-0.15, -0.1) is 0 Å². The Labute approximate surface area is 139 Å². The molecule has 4 nitrogen and oxygen atoms in total. The van der Waals surface area contributed by atoms with E-state index < -0.39 is 5.91 Å². The number of benzene rings is 2. The quantitative estimate of drug-likeness (QED) is 0.780. The summed E-state index contributed by atoms with van der Waals surface area (Å²) in [6.07, 6.45) is 4.53. The summed E-state index contributed by atoms with van der Waals surface area (Å²) in [5.41, 5.74) is 7.81. The van der Waals surface area contributed by atoms with Crippen LogP contribution in [0.2, 0.25) is 5.02 Å². The molecule has 3 rings (SSSR count). The minimum atomic E-state index is -0.432. The topological polar surface area (TPSA) is 60.9 Å². The highest BCUT2D eigenvalue weighted by atomic mass is 35.5. The summed E-state index contributed by atoms with van der Waals surface area (Å²) in [5.74, 6) is 0.423. The Hall–Kier alpha value is -2.59. The van der Waals surface area contributed by atoms with Gasteiger partial charge in [0.15, 0.2) is 0 Å². The molecule has 0 radical (unpaired) electrons. The zero-order chi connectivity index (χ0) is 16.2. The van der Waals surface area contributed by atoms with Gasteiger partial charge in [-0.05, 0) is 30.2 Å². The van der Waals surface area contributed by atoms with Crippen LogP contribution in [-0.4, -0.2) is 15.5 Å². The Morgan fingerprint density at radius 1 is 1.13 bits per heavy atom. The number of amides is 1. The van der Waals surface area contributed by atoms with Crippen molar-refractivity contribution >= 4 is 17.5 Å². The van der Waals surface area contributed by atoms with Gasteiger partial charge in [-0.25, -0.2) is 4.98 Å². The highest BCUT2D eigenvalue weighted by Crippen LogP contribution is 2.20. The molecule has 1 amide bonds. The largest absolute Gasteiger partial charge is 0.366 e. The lowest BCUT2D eigenvalue weighted by Gasteiger charge is -2.09. The van der Waals surface area contributed by atoms with Crippen LogP contribution in [0.5, 0.6) is 0 Å². The number of hydrogen-bond donors (Lipinski definition) is 1. The van der Waals surface area contributed by atoms with Gasteiger partial charge < -0.3 is 10.3 Å². The SMILES string of the molecule is NC(=O)c1ccc(-c2nccn2CCc2ccccc2Cl)cc1. The van der Waals surface area contributed by atoms with Gasteiger partial charge in [-0.2, -0.15) is 0 Å². The van der Waals surface area contributed by atoms with E-state index in [-0.39, 0.29) is 0 Å². The molecule has 23 heavy (non-hydrogen) atoms. The molecule has 0 atom stereocenters. The van der Waals surface area contributed by atoms with Gasteiger partial charge in [0.05, 0.1) is 0 Å². The van der Waals surface area contributed by atoms with E-state index in [9.17, 15) is 4.79 Å². The normalized spacial score (nSPS) is 10.7. The van der Waals surface area contributed by atoms with E-state index in [1.165, 1.54) is 0 Å². The van der Waals surface area contributed by atoms with Gasteiger partial charge in [-0.3, -0.25) is 4.79 Å². The van der Waals surface area contributed by atoms with Crippen LogP contribution in [0.1, 0.15) is 15.9 Å². The monoisotopic (exact) mass is 325 g/mol. The first-order chi connectivity index (χ1) is 11.1. The van der Waals surface area contributed by atoms with Crippen molar-refractivity contribution in [3.63, 3.8) is 0 Å². The number of aromatic nitrogens is 2. The van der Waals surface area contributed by atoms with Crippen molar-refractivity contribution in [2.45, 2.75) is 13.0 Å². The number of nitrogens with zero attached hydrogens (tertiary/aromatic N) is 2. The number of rotatable bonds is 5. The molecule has 0 aliphatic carbocycles. The van der Waals surface area contributed by atoms with E-state index in [1.54, 1.807) is 18.3 Å². The number of nitrogens with two attached hydrogens (primary N) is 1. The molecule has 0 bridgehead atoms. The molecule has 116 valence electrons. The average molecular weight is 326 g/mol. The van der Waals surface area contributed by atoms with E-state index in [1.807, 2.05) is 42.6 Å². The standard InChI is InChI=1S/C18H16ClN3O/c19-16-4-2-1-3-13(16)9-11-22-12-10-21-18(22)15-7-5-14(6-8-15)17(20)23/h1-8,10,12H,9,11H2,(H2,20,23). The van der Waals surface area contributed by atoms with E-state index in [0.29, 0.717) is 5.56 Å². The molecule has 1 heterocycles. The fourth-order valence-corrected chi connectivity index (χ4v) is 2.71. The Morgan fingerprint density at radius 3 is 2.57 bits per heavy atom. The number of carbonyl (C=O) groups excluding carboxylic acids is 1. The molecule has 3 aromatic rings. The lowest BCUT2D eigenvalue weighted by Crippen LogP contribution is -2.10. The highest BCUT2D eigenvalue weighted by molar-refractivity contribution is 6.31. The van der Waals surface area contributed by atoms with E-state index in [2.05, 4.69) is 9.55 Å². The highest BCUT2D eigenvalue weighted by Gasteiger charge is 2.08. The first-order valence-corrected chi connectivity index (χ1v) is 7.68. The third-order valence-electron chi connectivity index (χ3n) is 3.72. The summed E-state index contributed by atoms with van der Waals surface area (Å²) in [4.78, 5) is 15.6. The predicted octanol–water partition coefficient (Wildman–Crippen LogP) is 3.55. The Bertz CT molecular complexity index is 824. The second-order valence-corrected chi connectivity index (χ2v) is 5.63. The average Bonchev–Trinajstić information content (AvgIpc) is 3.02. The molecule has 5 heteroatoms. The van der Waals surface area contributed by atoms with Gasteiger partial charge in [0.25, 0.3) is 0 Å². The zero-order valence-corrected chi connectivity index (χ0v) is 13.2. The number of aryl methyl sites for hydroxylation is 2. The molecule has 0 saturated carbocycles. The fourth-order valence-electron chi connectivity index (χ4n) is 2.48. The van der Waals surface area contributed by atoms with E-state index in [0.717, 1.165) is 34.9 Å². The molecule has 0 saturated heterocycles. The van der Waals surface area contributed by atoms with Crippen molar-refractivity contribution < 1.29 is 4.79 Å². The molecular formula is C18H16ClN3O. The fraction of sp³-hybridized carbons (Fsp3) is 0.111. The molecule has 0 aliphatic rings. The minimum absolute atomic E-state index is 0.432. The molecule has 0 unspecified atom stereocenters. The van der Waals surface area contributed by atoms with Crippen LogP contribution in [0.4, 0.5) is 0 Å². The van der Waals surface area contributed by atoms with Crippen LogP contribution in [0, 0.1) is 0 Å². The van der Waals surface area contributed by atoms with Crippen LogP contribution in [0.3, 0.4) is 0 Å². The smallest absolute Gasteiger partial charge is 0.248 e. The number of halogens is 1. The Kier molecular flexibility index (Phi) is 4.44. The van der Waals surface area contributed by atoms with Crippen LogP contribution >= 0.6 is 11.6 Å². The second-order valence-electron chi connectivity index (χ2n) is 5.23. The van der Waals surface area contributed by atoms with Gasteiger partial charge in [0.1, 0.15) is 5.82 Å². The summed E-state index contributed by atoms with van der Waals surface area (Å²) < 4.78 is 2.07. The van der Waals surface area contributed by atoms with Crippen LogP contribution in [-0.2, 0) is 13.0 Å². The van der Waals surface area contributed by atoms with Gasteiger partial charge in [0.2, 0.25) is 5.91 Å². The van der Waals surface area contributed by atoms with E-state index in [4.69, 9.17) is 17.3 Å². The van der Waals surface area contributed by atoms with Crippen molar-refractivity contribution in [1.82, 2.24) is 9.55 Å². The van der Waals surface area contributed by atoms with Crippen LogP contribution < -0.4 is 5.73 Å². The first kappa shape index (κ1) is 15.3. The van der Waals surface area contributed by atoms with Crippen molar-refractivity contribution in [1.29, 1.82) is 0 Å². The van der Waals surface area contributed by atoms with Gasteiger partial charge in [-0.1, -0.05) is 41.9 Å². The van der Waals surface area contributed by atoms with Gasteiger partial charge in [0, 0.05) is 35.1 Å². The number of primary amides is 1. The summed E-state index contributed by atoms with van der Waals surface area (Å²) in [5, 5.41) is 0.778. The third kappa shape index (κ3) is 3.43. The lowest BCUT2D eigenvalue weighted by atomic mass is 10.1. The maximum Gasteiger partial charge on any atom is 0.248 e. The molecule has 1 aromatic heterocycles. The number of carbonyl (C=O) groups is 1. The van der Waals surface area contributed by atoms with Crippen molar-refractivity contribution in [2.75, 3.05) is 0 Å². The molecule has 2 N–H and O–H groups in total. The first-order valence-electron chi connectivity index (χ1n) is 7.30. The molecule has 0 spiro atoms. The maximum absolute atomic E-state index is 11.1. The molecular weight excluding hydrogens is 310 g/mol. The second kappa shape index (κ2) is 6.67. The molecule has 0 aliphatic heterocycles. The van der Waals surface area contributed by atoms with Crippen molar-refractivity contribution in [3.8, 4) is 11.4 Å². The summed E-state index contributed by atoms with van der Waals surface area (Å²) in [6.45, 7) is 0.774.